The highest BCUT2D eigenvalue weighted by Gasteiger charge is 2.04. The molecule has 0 aliphatic rings. The summed E-state index contributed by atoms with van der Waals surface area (Å²) in [5, 5.41) is 0. The second kappa shape index (κ2) is 9.96. The number of aryl methyl sites for hydroxylation is 2. The fraction of sp³-hybridized carbons (Fsp3) is 0.647. The van der Waals surface area contributed by atoms with E-state index in [1.54, 1.807) is 0 Å². The highest BCUT2D eigenvalue weighted by molar-refractivity contribution is 7.85. The zero-order valence-corrected chi connectivity index (χ0v) is 13.9. The number of unbranched alkanes of at least 4 members (excludes halogenated alkanes) is 6. The molecule has 0 bridgehead atoms. The Hall–Kier alpha value is -0.870. The lowest BCUT2D eigenvalue weighted by Crippen LogP contribution is -2.06. The van der Waals surface area contributed by atoms with Gasteiger partial charge in [-0.15, -0.1) is 0 Å². The van der Waals surface area contributed by atoms with Crippen LogP contribution in [0.15, 0.2) is 24.3 Å². The third-order valence-electron chi connectivity index (χ3n) is 3.74. The molecule has 0 heterocycles. The van der Waals surface area contributed by atoms with Crippen molar-refractivity contribution in [3.8, 4) is 0 Å². The Morgan fingerprint density at radius 1 is 0.810 bits per heavy atom. The van der Waals surface area contributed by atoms with Crippen molar-refractivity contribution >= 4 is 10.1 Å². The van der Waals surface area contributed by atoms with Crippen LogP contribution in [-0.4, -0.2) is 18.7 Å². The van der Waals surface area contributed by atoms with Gasteiger partial charge in [0.05, 0.1) is 5.75 Å². The van der Waals surface area contributed by atoms with E-state index in [0.717, 1.165) is 12.0 Å². The first-order valence-corrected chi connectivity index (χ1v) is 9.65. The third-order valence-corrected chi connectivity index (χ3v) is 4.46. The molecule has 1 rings (SSSR count). The molecule has 3 nitrogen and oxygen atoms in total. The molecular weight excluding hydrogens is 284 g/mol. The van der Waals surface area contributed by atoms with Gasteiger partial charge < -0.3 is 0 Å². The van der Waals surface area contributed by atoms with Crippen molar-refractivity contribution in [3.63, 3.8) is 0 Å². The van der Waals surface area contributed by atoms with Crippen molar-refractivity contribution in [2.45, 2.75) is 64.7 Å². The first-order valence-electron chi connectivity index (χ1n) is 8.04. The molecule has 0 aliphatic heterocycles. The van der Waals surface area contributed by atoms with Crippen LogP contribution in [0.4, 0.5) is 0 Å². The predicted octanol–water partition coefficient (Wildman–Crippen LogP) is 4.41. The van der Waals surface area contributed by atoms with Crippen molar-refractivity contribution in [2.75, 3.05) is 5.75 Å². The van der Waals surface area contributed by atoms with Gasteiger partial charge in [-0.1, -0.05) is 69.7 Å². The summed E-state index contributed by atoms with van der Waals surface area (Å²) in [6, 6.07) is 8.05. The minimum atomic E-state index is -3.86. The summed E-state index contributed by atoms with van der Waals surface area (Å²) in [5.74, 6) is -0.204. The van der Waals surface area contributed by atoms with Crippen LogP contribution >= 0.6 is 0 Å². The molecule has 1 aromatic rings. The van der Waals surface area contributed by atoms with E-state index in [2.05, 4.69) is 19.1 Å². The van der Waals surface area contributed by atoms with Crippen LogP contribution in [0.2, 0.25) is 0 Å². The van der Waals surface area contributed by atoms with Gasteiger partial charge in [0.15, 0.2) is 0 Å². The average molecular weight is 312 g/mol. The zero-order chi connectivity index (χ0) is 15.6. The summed E-state index contributed by atoms with van der Waals surface area (Å²) < 4.78 is 30.1. The molecule has 0 fully saturated rings. The number of benzene rings is 1. The predicted molar refractivity (Wildman–Crippen MR) is 88.3 cm³/mol. The standard InChI is InChI=1S/C17H28O3S/c1-2-3-4-5-6-7-8-9-16-10-12-17(13-11-16)14-15-21(18,19)20/h10-13H,2-9,14-15H2,1H3,(H,18,19,20). The van der Waals surface area contributed by atoms with Gasteiger partial charge in [0.2, 0.25) is 0 Å². The maximum absolute atomic E-state index is 10.7. The van der Waals surface area contributed by atoms with Gasteiger partial charge >= 0.3 is 0 Å². The van der Waals surface area contributed by atoms with Crippen molar-refractivity contribution in [3.05, 3.63) is 35.4 Å². The summed E-state index contributed by atoms with van der Waals surface area (Å²) in [5.41, 5.74) is 2.26. The largest absolute Gasteiger partial charge is 0.286 e. The van der Waals surface area contributed by atoms with Gasteiger partial charge in [0, 0.05) is 0 Å². The van der Waals surface area contributed by atoms with E-state index in [9.17, 15) is 8.42 Å². The molecule has 0 aromatic heterocycles. The molecule has 0 aliphatic carbocycles. The Balaban J connectivity index is 2.19. The van der Waals surface area contributed by atoms with Crippen molar-refractivity contribution in [2.24, 2.45) is 0 Å². The fourth-order valence-corrected chi connectivity index (χ4v) is 2.90. The smallest absolute Gasteiger partial charge is 0.265 e. The van der Waals surface area contributed by atoms with E-state index in [1.807, 2.05) is 12.1 Å². The monoisotopic (exact) mass is 312 g/mol. The van der Waals surface area contributed by atoms with Crippen LogP contribution in [0.25, 0.3) is 0 Å². The Labute approximate surface area is 129 Å². The molecule has 21 heavy (non-hydrogen) atoms. The second-order valence-corrected chi connectivity index (χ2v) is 7.30. The summed E-state index contributed by atoms with van der Waals surface area (Å²) in [7, 11) is -3.86. The molecule has 0 saturated carbocycles. The minimum Gasteiger partial charge on any atom is -0.286 e. The van der Waals surface area contributed by atoms with Gasteiger partial charge in [-0.3, -0.25) is 4.55 Å². The maximum Gasteiger partial charge on any atom is 0.265 e. The fourth-order valence-electron chi connectivity index (χ4n) is 2.41. The van der Waals surface area contributed by atoms with E-state index in [4.69, 9.17) is 4.55 Å². The number of hydrogen-bond acceptors (Lipinski definition) is 2. The summed E-state index contributed by atoms with van der Waals surface area (Å²) in [6.45, 7) is 2.24. The topological polar surface area (TPSA) is 54.4 Å². The lowest BCUT2D eigenvalue weighted by molar-refractivity contribution is 0.482. The Kier molecular flexibility index (Phi) is 8.62. The van der Waals surface area contributed by atoms with Crippen LogP contribution in [-0.2, 0) is 23.0 Å². The highest BCUT2D eigenvalue weighted by atomic mass is 32.2. The second-order valence-electron chi connectivity index (χ2n) is 5.72. The highest BCUT2D eigenvalue weighted by Crippen LogP contribution is 2.12. The molecule has 4 heteroatoms. The quantitative estimate of drug-likeness (QED) is 0.486. The molecule has 1 aromatic carbocycles. The lowest BCUT2D eigenvalue weighted by atomic mass is 10.0. The lowest BCUT2D eigenvalue weighted by Gasteiger charge is -2.04. The van der Waals surface area contributed by atoms with Crippen LogP contribution < -0.4 is 0 Å². The van der Waals surface area contributed by atoms with Gasteiger partial charge in [-0.2, -0.15) is 8.42 Å². The Morgan fingerprint density at radius 2 is 1.29 bits per heavy atom. The zero-order valence-electron chi connectivity index (χ0n) is 13.1. The summed E-state index contributed by atoms with van der Waals surface area (Å²) >= 11 is 0. The first kappa shape index (κ1) is 18.2. The number of hydrogen-bond donors (Lipinski definition) is 1. The molecule has 0 atom stereocenters. The molecule has 0 radical (unpaired) electrons. The summed E-state index contributed by atoms with van der Waals surface area (Å²) in [4.78, 5) is 0. The van der Waals surface area contributed by atoms with Crippen LogP contribution in [0.5, 0.6) is 0 Å². The van der Waals surface area contributed by atoms with Gasteiger partial charge in [0.25, 0.3) is 10.1 Å². The number of rotatable bonds is 11. The van der Waals surface area contributed by atoms with E-state index in [1.165, 1.54) is 50.5 Å². The van der Waals surface area contributed by atoms with Crippen molar-refractivity contribution in [1.82, 2.24) is 0 Å². The molecule has 120 valence electrons. The molecule has 0 unspecified atom stereocenters. The molecular formula is C17H28O3S. The van der Waals surface area contributed by atoms with Gasteiger partial charge in [0.1, 0.15) is 0 Å². The van der Waals surface area contributed by atoms with E-state index < -0.39 is 10.1 Å². The van der Waals surface area contributed by atoms with E-state index in [0.29, 0.717) is 6.42 Å². The van der Waals surface area contributed by atoms with Gasteiger partial charge in [-0.25, -0.2) is 0 Å². The maximum atomic E-state index is 10.7. The van der Waals surface area contributed by atoms with Gasteiger partial charge in [-0.05, 0) is 30.4 Å². The Morgan fingerprint density at radius 3 is 1.81 bits per heavy atom. The van der Waals surface area contributed by atoms with Crippen LogP contribution in [0.3, 0.4) is 0 Å². The normalized spacial score (nSPS) is 11.7. The third kappa shape index (κ3) is 9.64. The van der Waals surface area contributed by atoms with Crippen LogP contribution in [0.1, 0.15) is 63.0 Å². The van der Waals surface area contributed by atoms with Crippen LogP contribution in [0, 0.1) is 0 Å². The SMILES string of the molecule is CCCCCCCCCc1ccc(CCS(=O)(=O)O)cc1. The molecule has 0 saturated heterocycles. The Bertz CT molecular complexity index is 477. The van der Waals surface area contributed by atoms with Crippen molar-refractivity contribution in [1.29, 1.82) is 0 Å². The summed E-state index contributed by atoms with van der Waals surface area (Å²) in [6.07, 6.45) is 10.6. The first-order chi connectivity index (χ1) is 10.0. The molecule has 1 N–H and O–H groups in total. The van der Waals surface area contributed by atoms with Crippen molar-refractivity contribution < 1.29 is 13.0 Å². The van der Waals surface area contributed by atoms with E-state index >= 15 is 0 Å². The molecule has 0 amide bonds. The minimum absolute atomic E-state index is 0.204. The average Bonchev–Trinajstić information content (AvgIpc) is 2.44. The molecule has 0 spiro atoms. The van der Waals surface area contributed by atoms with E-state index in [-0.39, 0.29) is 5.75 Å².